The van der Waals surface area contributed by atoms with Crippen molar-refractivity contribution < 1.29 is 14.4 Å². The van der Waals surface area contributed by atoms with Crippen LogP contribution in [0.3, 0.4) is 0 Å². The molecule has 0 aromatic heterocycles. The lowest BCUT2D eigenvalue weighted by molar-refractivity contribution is -0.129. The Morgan fingerprint density at radius 1 is 1.11 bits per heavy atom. The van der Waals surface area contributed by atoms with E-state index in [1.165, 1.54) is 25.7 Å². The summed E-state index contributed by atoms with van der Waals surface area (Å²) >= 11 is 0. The normalized spacial score (nSPS) is 24.0. The van der Waals surface area contributed by atoms with E-state index in [1.54, 1.807) is 0 Å². The van der Waals surface area contributed by atoms with Gasteiger partial charge in [0.05, 0.1) is 0 Å². The molecule has 0 saturated heterocycles. The van der Waals surface area contributed by atoms with Crippen LogP contribution in [0.25, 0.3) is 0 Å². The minimum atomic E-state index is -0.700. The molecule has 4 heteroatoms. The molecule has 0 spiro atoms. The fourth-order valence-electron chi connectivity index (χ4n) is 5.34. The molecule has 28 heavy (non-hydrogen) atoms. The lowest BCUT2D eigenvalue weighted by Gasteiger charge is -2.19. The second-order valence-electron chi connectivity index (χ2n) is 9.07. The molecule has 3 atom stereocenters. The van der Waals surface area contributed by atoms with E-state index in [0.29, 0.717) is 5.92 Å². The standard InChI is InChI=1S/C24H33NO3/c1-14-9-15(2)22(16(3)10-14)23-20(26)12-19(24(23)28)13-21(27)25-17(4)11-18-7-5-6-8-18/h9-10,17-19,23H,5-8,11-13H2,1-4H3,(H,25,27). The molecule has 1 amide bonds. The third-order valence-corrected chi connectivity index (χ3v) is 6.48. The second-order valence-corrected chi connectivity index (χ2v) is 9.07. The van der Waals surface area contributed by atoms with Gasteiger partial charge in [-0.3, -0.25) is 14.4 Å². The van der Waals surface area contributed by atoms with Gasteiger partial charge >= 0.3 is 0 Å². The number of ketones is 2. The van der Waals surface area contributed by atoms with Crippen molar-refractivity contribution in [3.05, 3.63) is 34.4 Å². The smallest absolute Gasteiger partial charge is 0.220 e. The number of carbonyl (C=O) groups excluding carboxylic acids is 3. The van der Waals surface area contributed by atoms with E-state index in [2.05, 4.69) is 5.32 Å². The molecule has 1 N–H and O–H groups in total. The molecule has 3 unspecified atom stereocenters. The molecule has 3 rings (SSSR count). The molecule has 152 valence electrons. The number of rotatable bonds is 6. The van der Waals surface area contributed by atoms with Crippen LogP contribution < -0.4 is 5.32 Å². The summed E-state index contributed by atoms with van der Waals surface area (Å²) in [6, 6.07) is 4.17. The van der Waals surface area contributed by atoms with E-state index >= 15 is 0 Å². The highest BCUT2D eigenvalue weighted by atomic mass is 16.2. The average Bonchev–Trinajstić information content (AvgIpc) is 3.17. The molecule has 2 fully saturated rings. The van der Waals surface area contributed by atoms with E-state index < -0.39 is 11.8 Å². The number of Topliss-reactive ketones (excluding diaryl/α,β-unsaturated/α-hetero) is 2. The molecule has 4 nitrogen and oxygen atoms in total. The SMILES string of the molecule is Cc1cc(C)c(C2C(=O)CC(CC(=O)NC(C)CC3CCCC3)C2=O)c(C)c1. The largest absolute Gasteiger partial charge is 0.354 e. The lowest BCUT2D eigenvalue weighted by atomic mass is 9.86. The van der Waals surface area contributed by atoms with Crippen LogP contribution in [0.4, 0.5) is 0 Å². The van der Waals surface area contributed by atoms with Crippen LogP contribution in [-0.2, 0) is 14.4 Å². The van der Waals surface area contributed by atoms with Crippen LogP contribution in [0.15, 0.2) is 12.1 Å². The van der Waals surface area contributed by atoms with Gasteiger partial charge in [0.15, 0.2) is 5.78 Å². The van der Waals surface area contributed by atoms with Crippen molar-refractivity contribution in [1.29, 1.82) is 0 Å². The molecular weight excluding hydrogens is 350 g/mol. The van der Waals surface area contributed by atoms with Gasteiger partial charge in [0.2, 0.25) is 5.91 Å². The summed E-state index contributed by atoms with van der Waals surface area (Å²) in [6.45, 7) is 7.98. The topological polar surface area (TPSA) is 63.2 Å². The first-order valence-corrected chi connectivity index (χ1v) is 10.7. The fourth-order valence-corrected chi connectivity index (χ4v) is 5.34. The predicted molar refractivity (Wildman–Crippen MR) is 110 cm³/mol. The van der Waals surface area contributed by atoms with Crippen LogP contribution >= 0.6 is 0 Å². The van der Waals surface area contributed by atoms with Gasteiger partial charge in [0.25, 0.3) is 0 Å². The maximum Gasteiger partial charge on any atom is 0.220 e. The molecule has 2 saturated carbocycles. The second kappa shape index (κ2) is 8.59. The maximum absolute atomic E-state index is 13.0. The van der Waals surface area contributed by atoms with Crippen LogP contribution in [0, 0.1) is 32.6 Å². The van der Waals surface area contributed by atoms with E-state index in [-0.39, 0.29) is 36.4 Å². The van der Waals surface area contributed by atoms with Crippen molar-refractivity contribution >= 4 is 17.5 Å². The molecule has 0 heterocycles. The number of hydrogen-bond acceptors (Lipinski definition) is 3. The van der Waals surface area contributed by atoms with Gasteiger partial charge in [-0.25, -0.2) is 0 Å². The quantitative estimate of drug-likeness (QED) is 0.744. The van der Waals surface area contributed by atoms with Gasteiger partial charge in [-0.2, -0.15) is 0 Å². The average molecular weight is 384 g/mol. The summed E-state index contributed by atoms with van der Waals surface area (Å²) in [4.78, 5) is 38.2. The molecule has 2 aliphatic rings. The number of amides is 1. The zero-order chi connectivity index (χ0) is 20.4. The summed E-state index contributed by atoms with van der Waals surface area (Å²) in [5.74, 6) is -0.711. The summed E-state index contributed by atoms with van der Waals surface area (Å²) in [5.41, 5.74) is 3.95. The van der Waals surface area contributed by atoms with Crippen LogP contribution in [0.2, 0.25) is 0 Å². The van der Waals surface area contributed by atoms with E-state index in [9.17, 15) is 14.4 Å². The van der Waals surface area contributed by atoms with Gasteiger partial charge in [-0.1, -0.05) is 43.4 Å². The Labute approximate surface area is 168 Å². The molecule has 1 aromatic rings. The van der Waals surface area contributed by atoms with Gasteiger partial charge in [-0.15, -0.1) is 0 Å². The van der Waals surface area contributed by atoms with Gasteiger partial charge in [-0.05, 0) is 56.7 Å². The predicted octanol–water partition coefficient (Wildman–Crippen LogP) is 4.33. The highest BCUT2D eigenvalue weighted by Gasteiger charge is 2.43. The molecule has 0 radical (unpaired) electrons. The molecule has 2 aliphatic carbocycles. The number of aryl methyl sites for hydroxylation is 3. The summed E-state index contributed by atoms with van der Waals surface area (Å²) in [7, 11) is 0. The van der Waals surface area contributed by atoms with Crippen LogP contribution in [-0.4, -0.2) is 23.5 Å². The minimum Gasteiger partial charge on any atom is -0.354 e. The van der Waals surface area contributed by atoms with Crippen molar-refractivity contribution in [2.24, 2.45) is 11.8 Å². The van der Waals surface area contributed by atoms with Gasteiger partial charge < -0.3 is 5.32 Å². The lowest BCUT2D eigenvalue weighted by Crippen LogP contribution is -2.35. The molecule has 0 aliphatic heterocycles. The zero-order valence-corrected chi connectivity index (χ0v) is 17.6. The molecule has 1 aromatic carbocycles. The Bertz CT molecular complexity index is 753. The first-order chi connectivity index (χ1) is 13.3. The van der Waals surface area contributed by atoms with Crippen molar-refractivity contribution in [3.8, 4) is 0 Å². The van der Waals surface area contributed by atoms with E-state index in [4.69, 9.17) is 0 Å². The monoisotopic (exact) mass is 383 g/mol. The van der Waals surface area contributed by atoms with Gasteiger partial charge in [0, 0.05) is 24.8 Å². The van der Waals surface area contributed by atoms with Gasteiger partial charge in [0.1, 0.15) is 11.7 Å². The Kier molecular flexibility index (Phi) is 6.36. The summed E-state index contributed by atoms with van der Waals surface area (Å²) in [6.07, 6.45) is 6.42. The minimum absolute atomic E-state index is 0.0446. The Balaban J connectivity index is 1.62. The third kappa shape index (κ3) is 4.53. The highest BCUT2D eigenvalue weighted by Crippen LogP contribution is 2.37. The highest BCUT2D eigenvalue weighted by molar-refractivity contribution is 6.15. The van der Waals surface area contributed by atoms with E-state index in [0.717, 1.165) is 28.7 Å². The van der Waals surface area contributed by atoms with E-state index in [1.807, 2.05) is 39.8 Å². The van der Waals surface area contributed by atoms with Crippen molar-refractivity contribution in [2.75, 3.05) is 0 Å². The zero-order valence-electron chi connectivity index (χ0n) is 17.6. The first-order valence-electron chi connectivity index (χ1n) is 10.7. The molecule has 0 bridgehead atoms. The van der Waals surface area contributed by atoms with Crippen molar-refractivity contribution in [1.82, 2.24) is 5.32 Å². The van der Waals surface area contributed by atoms with Crippen molar-refractivity contribution in [3.63, 3.8) is 0 Å². The molecular formula is C24H33NO3. The third-order valence-electron chi connectivity index (χ3n) is 6.48. The Morgan fingerprint density at radius 3 is 2.32 bits per heavy atom. The Morgan fingerprint density at radius 2 is 1.71 bits per heavy atom. The number of benzene rings is 1. The Hall–Kier alpha value is -1.97. The summed E-state index contributed by atoms with van der Waals surface area (Å²) < 4.78 is 0. The van der Waals surface area contributed by atoms with Crippen LogP contribution in [0.1, 0.15) is 80.0 Å². The van der Waals surface area contributed by atoms with Crippen molar-refractivity contribution in [2.45, 2.75) is 84.6 Å². The first kappa shape index (κ1) is 20.8. The number of nitrogens with one attached hydrogen (secondary N) is 1. The number of hydrogen-bond donors (Lipinski definition) is 1. The maximum atomic E-state index is 13.0. The van der Waals surface area contributed by atoms with Crippen LogP contribution in [0.5, 0.6) is 0 Å². The number of carbonyl (C=O) groups is 3. The summed E-state index contributed by atoms with van der Waals surface area (Å²) in [5, 5.41) is 3.05. The fraction of sp³-hybridized carbons (Fsp3) is 0.625.